The molecule has 0 radical (unpaired) electrons. The lowest BCUT2D eigenvalue weighted by molar-refractivity contribution is 0.780. The number of nitrogens with one attached hydrogen (secondary N) is 1. The third-order valence-corrected chi connectivity index (χ3v) is 4.64. The first-order valence-corrected chi connectivity index (χ1v) is 8.86. The molecule has 12 heteroatoms. The van der Waals surface area contributed by atoms with Crippen molar-refractivity contribution in [3.8, 4) is 36.4 Å². The largest absolute Gasteiger partial charge is 0.385 e. The molecule has 0 saturated heterocycles. The lowest BCUT2D eigenvalue weighted by atomic mass is 10.1. The molecule has 0 aliphatic rings. The van der Waals surface area contributed by atoms with E-state index >= 15 is 0 Å². The summed E-state index contributed by atoms with van der Waals surface area (Å²) in [5.74, 6) is 0. The maximum absolute atomic E-state index is 9.57. The van der Waals surface area contributed by atoms with Gasteiger partial charge in [-0.3, -0.25) is 0 Å². The Morgan fingerprint density at radius 3 is 1.59 bits per heavy atom. The molecule has 0 bridgehead atoms. The van der Waals surface area contributed by atoms with Crippen LogP contribution in [0.15, 0.2) is 0 Å². The highest BCUT2D eigenvalue weighted by Gasteiger charge is 2.27. The molecule has 0 aliphatic heterocycles. The molecule has 3 rings (SSSR count). The van der Waals surface area contributed by atoms with Gasteiger partial charge in [0.25, 0.3) is 0 Å². The lowest BCUT2D eigenvalue weighted by Crippen LogP contribution is -2.31. The van der Waals surface area contributed by atoms with Gasteiger partial charge >= 0.3 is 0 Å². The molecule has 1 atom stereocenters. The Labute approximate surface area is 181 Å². The Bertz CT molecular complexity index is 1530. The fourth-order valence-corrected chi connectivity index (χ4v) is 3.17. The van der Waals surface area contributed by atoms with Gasteiger partial charge in [0.15, 0.2) is 22.8 Å². The zero-order chi connectivity index (χ0) is 23.4. The van der Waals surface area contributed by atoms with Gasteiger partial charge in [0, 0.05) is 14.1 Å². The smallest absolute Gasteiger partial charge is 0.177 e. The van der Waals surface area contributed by atoms with Crippen LogP contribution in [0.5, 0.6) is 0 Å². The Kier molecular flexibility index (Phi) is 5.58. The second kappa shape index (κ2) is 8.44. The molecule has 0 saturated carbocycles. The van der Waals surface area contributed by atoms with E-state index in [1.165, 1.54) is 4.90 Å². The van der Waals surface area contributed by atoms with Gasteiger partial charge in [0.2, 0.25) is 0 Å². The van der Waals surface area contributed by atoms with Gasteiger partial charge in [-0.1, -0.05) is 0 Å². The quantitative estimate of drug-likeness (QED) is 0.470. The summed E-state index contributed by atoms with van der Waals surface area (Å²) in [4.78, 5) is 18.5. The number of benzene rings is 1. The highest BCUT2D eigenvalue weighted by molar-refractivity contribution is 6.15. The van der Waals surface area contributed by atoms with Gasteiger partial charge in [0.05, 0.1) is 29.9 Å². The van der Waals surface area contributed by atoms with Crippen LogP contribution >= 0.6 is 0 Å². The van der Waals surface area contributed by atoms with Gasteiger partial charge in [-0.25, -0.2) is 19.9 Å². The maximum Gasteiger partial charge on any atom is 0.177 e. The number of fused-ring (bicyclic) bond motifs is 3. The minimum atomic E-state index is -0.891. The summed E-state index contributed by atoms with van der Waals surface area (Å²) in [5, 5.41) is 59.2. The van der Waals surface area contributed by atoms with Crippen LogP contribution in [0, 0.1) is 68.0 Å². The molecule has 3 aromatic rings. The van der Waals surface area contributed by atoms with E-state index in [4.69, 9.17) is 5.26 Å². The summed E-state index contributed by atoms with van der Waals surface area (Å²) in [7, 11) is 3.12. The van der Waals surface area contributed by atoms with Crippen molar-refractivity contribution in [3.05, 3.63) is 22.8 Å². The van der Waals surface area contributed by atoms with Crippen LogP contribution in [0.1, 0.15) is 29.2 Å². The summed E-state index contributed by atoms with van der Waals surface area (Å²) < 4.78 is 0. The Morgan fingerprint density at radius 2 is 1.19 bits per heavy atom. The predicted molar refractivity (Wildman–Crippen MR) is 109 cm³/mol. The summed E-state index contributed by atoms with van der Waals surface area (Å²) in [6.07, 6.45) is -0.132. The van der Waals surface area contributed by atoms with Crippen LogP contribution in [0.25, 0.3) is 22.1 Å². The van der Waals surface area contributed by atoms with Crippen molar-refractivity contribution in [2.75, 3.05) is 24.3 Å². The average molecular weight is 418 g/mol. The minimum Gasteiger partial charge on any atom is -0.385 e. The summed E-state index contributed by atoms with van der Waals surface area (Å²) in [5.41, 5.74) is -0.00270. The lowest BCUT2D eigenvalue weighted by Gasteiger charge is -2.27. The van der Waals surface area contributed by atoms with Gasteiger partial charge in [-0.2, -0.15) is 31.6 Å². The molecule has 1 aromatic carbocycles. The average Bonchev–Trinajstić information content (AvgIpc) is 2.83. The van der Waals surface area contributed by atoms with Crippen LogP contribution in [-0.2, 0) is 0 Å². The zero-order valence-electron chi connectivity index (χ0n) is 16.7. The number of nitriles is 6. The molecule has 0 fully saturated rings. The molecular formula is C20H10N12. The van der Waals surface area contributed by atoms with E-state index in [1.54, 1.807) is 26.2 Å². The van der Waals surface area contributed by atoms with Crippen LogP contribution in [-0.4, -0.2) is 40.1 Å². The summed E-state index contributed by atoms with van der Waals surface area (Å²) in [6, 6.07) is 10.3. The van der Waals surface area contributed by atoms with E-state index < -0.39 is 6.04 Å². The number of hydrogen-bond acceptors (Lipinski definition) is 12. The molecule has 32 heavy (non-hydrogen) atoms. The molecule has 1 unspecified atom stereocenters. The number of anilines is 2. The molecule has 0 aliphatic carbocycles. The Hall–Kier alpha value is -5.56. The van der Waals surface area contributed by atoms with Crippen molar-refractivity contribution < 1.29 is 0 Å². The van der Waals surface area contributed by atoms with Crippen molar-refractivity contribution >= 4 is 33.4 Å². The van der Waals surface area contributed by atoms with Crippen molar-refractivity contribution in [2.45, 2.75) is 12.5 Å². The first kappa shape index (κ1) is 21.2. The van der Waals surface area contributed by atoms with Crippen molar-refractivity contribution in [2.24, 2.45) is 0 Å². The normalized spacial score (nSPS) is 10.6. The van der Waals surface area contributed by atoms with Gasteiger partial charge in [-0.05, 0) is 0 Å². The van der Waals surface area contributed by atoms with Gasteiger partial charge in [-0.15, -0.1) is 0 Å². The second-order valence-corrected chi connectivity index (χ2v) is 6.27. The van der Waals surface area contributed by atoms with Gasteiger partial charge < -0.3 is 10.2 Å². The molecule has 0 spiro atoms. The fraction of sp³-hybridized carbons (Fsp3) is 0.200. The van der Waals surface area contributed by atoms with E-state index in [2.05, 4.69) is 25.3 Å². The predicted octanol–water partition coefficient (Wildman–Crippen LogP) is 1.34. The van der Waals surface area contributed by atoms with Gasteiger partial charge in [0.1, 0.15) is 52.4 Å². The van der Waals surface area contributed by atoms with E-state index in [0.717, 1.165) is 0 Å². The van der Waals surface area contributed by atoms with Crippen molar-refractivity contribution in [1.82, 2.24) is 19.9 Å². The van der Waals surface area contributed by atoms with Crippen LogP contribution in [0.2, 0.25) is 0 Å². The van der Waals surface area contributed by atoms with Crippen LogP contribution in [0.4, 0.5) is 11.4 Å². The highest BCUT2D eigenvalue weighted by atomic mass is 15.2. The SMILES string of the molecule is CNc1c(N(C)C(C#N)CC#N)c2nc(C#N)c(C#N)nc2c2nc(C#N)c(C#N)nc12. The number of hydrogen-bond donors (Lipinski definition) is 1. The summed E-state index contributed by atoms with van der Waals surface area (Å²) in [6.45, 7) is 0. The molecule has 2 aromatic heterocycles. The zero-order valence-corrected chi connectivity index (χ0v) is 16.7. The molecular weight excluding hydrogens is 408 g/mol. The number of aromatic nitrogens is 4. The molecule has 2 heterocycles. The van der Waals surface area contributed by atoms with E-state index in [0.29, 0.717) is 5.69 Å². The summed E-state index contributed by atoms with van der Waals surface area (Å²) >= 11 is 0. The first-order chi connectivity index (χ1) is 15.5. The standard InChI is InChI=1S/C20H10N12/c1-27-18-16-15(28-11(6-23)12(7-24)29-16)17-19(31-14(9-26)13(8-25)30-17)20(18)32(2)10(5-22)3-4-21/h10,27H,3H2,1-2H3. The van der Waals surface area contributed by atoms with E-state index in [1.807, 2.05) is 24.3 Å². The maximum atomic E-state index is 9.57. The number of rotatable bonds is 4. The minimum absolute atomic E-state index is 0.0542. The van der Waals surface area contributed by atoms with Crippen LogP contribution in [0.3, 0.4) is 0 Å². The third kappa shape index (κ3) is 3.14. The molecule has 1 N–H and O–H groups in total. The molecule has 150 valence electrons. The van der Waals surface area contributed by atoms with E-state index in [-0.39, 0.29) is 57.0 Å². The van der Waals surface area contributed by atoms with Crippen molar-refractivity contribution in [3.63, 3.8) is 0 Å². The Balaban J connectivity index is 2.65. The van der Waals surface area contributed by atoms with Crippen LogP contribution < -0.4 is 10.2 Å². The second-order valence-electron chi connectivity index (χ2n) is 6.27. The van der Waals surface area contributed by atoms with Crippen molar-refractivity contribution in [1.29, 1.82) is 31.6 Å². The number of nitrogens with zero attached hydrogens (tertiary/aromatic N) is 11. The fourth-order valence-electron chi connectivity index (χ4n) is 3.17. The first-order valence-electron chi connectivity index (χ1n) is 8.86. The monoisotopic (exact) mass is 418 g/mol. The third-order valence-electron chi connectivity index (χ3n) is 4.64. The van der Waals surface area contributed by atoms with E-state index in [9.17, 15) is 26.3 Å². The molecule has 12 nitrogen and oxygen atoms in total. The Morgan fingerprint density at radius 1 is 0.750 bits per heavy atom. The highest BCUT2D eigenvalue weighted by Crippen LogP contribution is 2.40. The topological polar surface area (TPSA) is 210 Å². The molecule has 0 amide bonds.